The second kappa shape index (κ2) is 7.34. The third kappa shape index (κ3) is 3.74. The molecular weight excluding hydrogens is 294 g/mol. The summed E-state index contributed by atoms with van der Waals surface area (Å²) in [6, 6.07) is 10.9. The molecule has 3 rings (SSSR count). The Morgan fingerprint density at radius 1 is 1.09 bits per heavy atom. The van der Waals surface area contributed by atoms with E-state index in [1.54, 1.807) is 0 Å². The topological polar surface area (TPSA) is 29.8 Å². The molecule has 0 unspecified atom stereocenters. The number of rotatable bonds is 4. The Balaban J connectivity index is 1.65. The van der Waals surface area contributed by atoms with Crippen LogP contribution in [0.5, 0.6) is 0 Å². The molecule has 22 heavy (non-hydrogen) atoms. The summed E-state index contributed by atoms with van der Waals surface area (Å²) in [7, 11) is 0. The van der Waals surface area contributed by atoms with Crippen LogP contribution in [0.15, 0.2) is 34.7 Å². The van der Waals surface area contributed by atoms with Gasteiger partial charge in [0, 0.05) is 10.6 Å². The van der Waals surface area contributed by atoms with Gasteiger partial charge < -0.3 is 9.73 Å². The molecule has 0 aliphatic heterocycles. The highest BCUT2D eigenvalue weighted by molar-refractivity contribution is 6.31. The SMILES string of the molecule is Cc1c(Cl)cccc1-c1ccc(C[NH2+]C2CCCCCC2)o1. The molecule has 0 spiro atoms. The molecule has 0 atom stereocenters. The van der Waals surface area contributed by atoms with Gasteiger partial charge in [0.15, 0.2) is 5.76 Å². The highest BCUT2D eigenvalue weighted by Crippen LogP contribution is 2.29. The molecular formula is C19H25ClNO+. The van der Waals surface area contributed by atoms with E-state index in [1.807, 2.05) is 19.1 Å². The second-order valence-electron chi connectivity index (χ2n) is 6.37. The number of quaternary nitrogens is 1. The van der Waals surface area contributed by atoms with E-state index < -0.39 is 0 Å². The molecule has 1 saturated carbocycles. The lowest BCUT2D eigenvalue weighted by Gasteiger charge is -2.11. The Kier molecular flexibility index (Phi) is 5.22. The Labute approximate surface area is 137 Å². The van der Waals surface area contributed by atoms with Gasteiger partial charge in [-0.3, -0.25) is 0 Å². The third-order valence-corrected chi connectivity index (χ3v) is 5.16. The third-order valence-electron chi connectivity index (χ3n) is 4.75. The van der Waals surface area contributed by atoms with Gasteiger partial charge in [0.2, 0.25) is 0 Å². The second-order valence-corrected chi connectivity index (χ2v) is 6.78. The van der Waals surface area contributed by atoms with Crippen LogP contribution >= 0.6 is 11.6 Å². The van der Waals surface area contributed by atoms with Crippen LogP contribution < -0.4 is 5.32 Å². The average molecular weight is 319 g/mol. The van der Waals surface area contributed by atoms with Gasteiger partial charge in [-0.05, 0) is 56.4 Å². The minimum Gasteiger partial charge on any atom is -0.455 e. The molecule has 0 radical (unpaired) electrons. The molecule has 1 aliphatic carbocycles. The normalized spacial score (nSPS) is 16.6. The van der Waals surface area contributed by atoms with E-state index in [0.29, 0.717) is 0 Å². The fraction of sp³-hybridized carbons (Fsp3) is 0.474. The minimum atomic E-state index is 0.768. The zero-order valence-electron chi connectivity index (χ0n) is 13.3. The molecule has 2 nitrogen and oxygen atoms in total. The number of nitrogens with two attached hydrogens (primary N) is 1. The molecule has 0 bridgehead atoms. The van der Waals surface area contributed by atoms with Crippen LogP contribution in [0.3, 0.4) is 0 Å². The van der Waals surface area contributed by atoms with Crippen molar-refractivity contribution < 1.29 is 9.73 Å². The zero-order valence-corrected chi connectivity index (χ0v) is 14.0. The van der Waals surface area contributed by atoms with Gasteiger partial charge in [-0.15, -0.1) is 0 Å². The average Bonchev–Trinajstić information content (AvgIpc) is 2.83. The first-order valence-corrected chi connectivity index (χ1v) is 8.79. The van der Waals surface area contributed by atoms with E-state index in [0.717, 1.165) is 40.3 Å². The first-order valence-electron chi connectivity index (χ1n) is 8.41. The Hall–Kier alpha value is -1.25. The summed E-state index contributed by atoms with van der Waals surface area (Å²) >= 11 is 6.20. The number of benzene rings is 1. The van der Waals surface area contributed by atoms with Crippen molar-refractivity contribution >= 4 is 11.6 Å². The van der Waals surface area contributed by atoms with Gasteiger partial charge >= 0.3 is 0 Å². The Morgan fingerprint density at radius 2 is 1.86 bits per heavy atom. The number of halogens is 1. The van der Waals surface area contributed by atoms with Crippen LogP contribution in [0.2, 0.25) is 5.02 Å². The van der Waals surface area contributed by atoms with Gasteiger partial charge in [0.05, 0.1) is 6.04 Å². The molecule has 0 amide bonds. The van der Waals surface area contributed by atoms with E-state index in [9.17, 15) is 0 Å². The van der Waals surface area contributed by atoms with E-state index >= 15 is 0 Å². The maximum atomic E-state index is 6.20. The molecule has 2 N–H and O–H groups in total. The van der Waals surface area contributed by atoms with Gasteiger partial charge in [-0.2, -0.15) is 0 Å². The van der Waals surface area contributed by atoms with Crippen molar-refractivity contribution in [1.29, 1.82) is 0 Å². The van der Waals surface area contributed by atoms with Crippen LogP contribution in [-0.4, -0.2) is 6.04 Å². The van der Waals surface area contributed by atoms with Crippen molar-refractivity contribution in [2.24, 2.45) is 0 Å². The monoisotopic (exact) mass is 318 g/mol. The predicted molar refractivity (Wildman–Crippen MR) is 91.0 cm³/mol. The van der Waals surface area contributed by atoms with Crippen molar-refractivity contribution in [1.82, 2.24) is 0 Å². The van der Waals surface area contributed by atoms with Crippen molar-refractivity contribution in [2.45, 2.75) is 58.0 Å². The molecule has 1 aromatic carbocycles. The Bertz CT molecular complexity index is 612. The van der Waals surface area contributed by atoms with Gasteiger partial charge in [-0.1, -0.05) is 36.6 Å². The van der Waals surface area contributed by atoms with Crippen LogP contribution in [0.4, 0.5) is 0 Å². The van der Waals surface area contributed by atoms with Gasteiger partial charge in [-0.25, -0.2) is 0 Å². The molecule has 0 saturated heterocycles. The number of furan rings is 1. The summed E-state index contributed by atoms with van der Waals surface area (Å²) in [5.74, 6) is 1.97. The fourth-order valence-corrected chi connectivity index (χ4v) is 3.51. The summed E-state index contributed by atoms with van der Waals surface area (Å²) in [6.07, 6.45) is 8.27. The summed E-state index contributed by atoms with van der Waals surface area (Å²) in [4.78, 5) is 0. The van der Waals surface area contributed by atoms with Crippen LogP contribution in [-0.2, 0) is 6.54 Å². The van der Waals surface area contributed by atoms with Crippen LogP contribution in [0.25, 0.3) is 11.3 Å². The van der Waals surface area contributed by atoms with Crippen molar-refractivity contribution in [2.75, 3.05) is 0 Å². The summed E-state index contributed by atoms with van der Waals surface area (Å²) in [5, 5.41) is 3.25. The molecule has 2 aromatic rings. The molecule has 3 heteroatoms. The first kappa shape index (κ1) is 15.6. The van der Waals surface area contributed by atoms with E-state index in [4.69, 9.17) is 16.0 Å². The van der Waals surface area contributed by atoms with Crippen LogP contribution in [0.1, 0.15) is 49.8 Å². The lowest BCUT2D eigenvalue weighted by atomic mass is 10.1. The Morgan fingerprint density at radius 3 is 2.64 bits per heavy atom. The lowest BCUT2D eigenvalue weighted by Crippen LogP contribution is -2.88. The largest absolute Gasteiger partial charge is 0.455 e. The van der Waals surface area contributed by atoms with E-state index in [-0.39, 0.29) is 0 Å². The summed E-state index contributed by atoms with van der Waals surface area (Å²) < 4.78 is 6.04. The maximum Gasteiger partial charge on any atom is 0.158 e. The zero-order chi connectivity index (χ0) is 15.4. The quantitative estimate of drug-likeness (QED) is 0.814. The predicted octanol–water partition coefficient (Wildman–Crippen LogP) is 4.69. The van der Waals surface area contributed by atoms with Crippen molar-refractivity contribution in [3.05, 3.63) is 46.7 Å². The number of hydrogen-bond acceptors (Lipinski definition) is 1. The summed E-state index contributed by atoms with van der Waals surface area (Å²) in [5.41, 5.74) is 2.17. The van der Waals surface area contributed by atoms with E-state index in [1.165, 1.54) is 38.5 Å². The van der Waals surface area contributed by atoms with Crippen molar-refractivity contribution in [3.8, 4) is 11.3 Å². The maximum absolute atomic E-state index is 6.20. The molecule has 1 aromatic heterocycles. The highest BCUT2D eigenvalue weighted by atomic mass is 35.5. The number of hydrogen-bond donors (Lipinski definition) is 1. The van der Waals surface area contributed by atoms with Crippen molar-refractivity contribution in [3.63, 3.8) is 0 Å². The van der Waals surface area contributed by atoms with Crippen LogP contribution in [0, 0.1) is 6.92 Å². The molecule has 1 aliphatic rings. The first-order chi connectivity index (χ1) is 10.7. The molecule has 118 valence electrons. The highest BCUT2D eigenvalue weighted by Gasteiger charge is 2.16. The lowest BCUT2D eigenvalue weighted by molar-refractivity contribution is -0.707. The van der Waals surface area contributed by atoms with E-state index in [2.05, 4.69) is 23.5 Å². The molecule has 1 heterocycles. The molecule has 1 fully saturated rings. The summed E-state index contributed by atoms with van der Waals surface area (Å²) in [6.45, 7) is 2.97. The standard InChI is InChI=1S/C19H24ClNO/c1-14-17(9-6-10-18(14)20)19-12-11-16(22-19)13-21-15-7-4-2-3-5-8-15/h6,9-12,15,21H,2-5,7-8,13H2,1H3/p+1. The minimum absolute atomic E-state index is 0.768. The van der Waals surface area contributed by atoms with Gasteiger partial charge in [0.25, 0.3) is 0 Å². The fourth-order valence-electron chi connectivity index (χ4n) is 3.34. The van der Waals surface area contributed by atoms with Gasteiger partial charge in [0.1, 0.15) is 12.3 Å². The smallest absolute Gasteiger partial charge is 0.158 e.